The van der Waals surface area contributed by atoms with Crippen molar-refractivity contribution < 1.29 is 0 Å². The summed E-state index contributed by atoms with van der Waals surface area (Å²) in [5.74, 6) is 0. The van der Waals surface area contributed by atoms with Crippen LogP contribution in [0.15, 0.2) is 68.5 Å². The van der Waals surface area contributed by atoms with Gasteiger partial charge >= 0.3 is 0 Å². The lowest BCUT2D eigenvalue weighted by atomic mass is 9.69. The Morgan fingerprint density at radius 1 is 0.346 bits per heavy atom. The van der Waals surface area contributed by atoms with Crippen LogP contribution in [0.5, 0.6) is 0 Å². The first kappa shape index (κ1) is 33.6. The topological polar surface area (TPSA) is 113 Å². The van der Waals surface area contributed by atoms with Gasteiger partial charge in [0.1, 0.15) is 0 Å². The van der Waals surface area contributed by atoms with Gasteiger partial charge in [-0.1, -0.05) is 64.2 Å². The molecule has 4 saturated carbocycles. The molecule has 8 heteroatoms. The van der Waals surface area contributed by atoms with Crippen molar-refractivity contribution in [1.82, 2.24) is 19.9 Å². The Bertz CT molecular complexity index is 1650. The van der Waals surface area contributed by atoms with Gasteiger partial charge in [0.2, 0.25) is 0 Å². The van der Waals surface area contributed by atoms with E-state index in [-0.39, 0.29) is 35.0 Å². The molecular weight excluding hydrogens is 641 g/mol. The molecule has 8 bridgehead atoms. The number of aliphatic imine (C=N–C) groups is 4. The van der Waals surface area contributed by atoms with Crippen molar-refractivity contribution in [1.29, 1.82) is 0 Å². The standard InChI is InChI=1S/C44H56N8/c1-7-23-43(24-8-1)39-19-15-31(49-39)27-45-35-11-3-5-13-37(35)47-29-33-17-21-41(51-33)44(25-9-2-10-26-44)42-22-18-34(52-42)30-48-38-14-6-4-12-36(38)46-28-32-16-20-40(43)50-32/h15-22,27-30,35-38,49-52H,1-14,23-26H2/t35-,36-,37-,38-/m1/s1. The lowest BCUT2D eigenvalue weighted by Gasteiger charge is -2.36. The monoisotopic (exact) mass is 696 g/mol. The molecule has 52 heavy (non-hydrogen) atoms. The largest absolute Gasteiger partial charge is 0.357 e. The fourth-order valence-corrected chi connectivity index (χ4v) is 10.3. The molecule has 4 aromatic heterocycles. The maximum absolute atomic E-state index is 5.20. The summed E-state index contributed by atoms with van der Waals surface area (Å²) in [5.41, 5.74) is 9.46. The van der Waals surface area contributed by atoms with Crippen LogP contribution in [0.1, 0.15) is 161 Å². The number of hydrogen-bond acceptors (Lipinski definition) is 4. The normalized spacial score (nSPS) is 27.4. The van der Waals surface area contributed by atoms with Crippen molar-refractivity contribution in [2.75, 3.05) is 0 Å². The van der Waals surface area contributed by atoms with Gasteiger partial charge in [0.05, 0.1) is 57.8 Å². The van der Waals surface area contributed by atoms with Gasteiger partial charge < -0.3 is 19.9 Å². The zero-order valence-electron chi connectivity index (χ0n) is 30.8. The Labute approximate surface area is 308 Å². The quantitative estimate of drug-likeness (QED) is 0.140. The molecule has 5 heterocycles. The molecule has 1 aliphatic heterocycles. The maximum atomic E-state index is 5.20. The van der Waals surface area contributed by atoms with E-state index in [1.165, 1.54) is 87.0 Å². The molecule has 0 unspecified atom stereocenters. The smallest absolute Gasteiger partial charge is 0.0723 e. The van der Waals surface area contributed by atoms with Crippen molar-refractivity contribution in [3.05, 3.63) is 94.1 Å². The molecule has 0 saturated heterocycles. The Morgan fingerprint density at radius 3 is 0.885 bits per heavy atom. The summed E-state index contributed by atoms with van der Waals surface area (Å²) in [5, 5.41) is 0. The van der Waals surface area contributed by atoms with Crippen LogP contribution >= 0.6 is 0 Å². The molecule has 0 aromatic carbocycles. The average Bonchev–Trinajstić information content (AvgIpc) is 4.04. The summed E-state index contributed by atoms with van der Waals surface area (Å²) >= 11 is 0. The molecule has 9 rings (SSSR count). The van der Waals surface area contributed by atoms with Crippen molar-refractivity contribution >= 4 is 24.9 Å². The lowest BCUT2D eigenvalue weighted by Crippen LogP contribution is -2.31. The third kappa shape index (κ3) is 6.62. The molecule has 4 aliphatic carbocycles. The number of aromatic amines is 4. The van der Waals surface area contributed by atoms with Gasteiger partial charge in [-0.3, -0.25) is 20.0 Å². The van der Waals surface area contributed by atoms with Gasteiger partial charge in [-0.25, -0.2) is 0 Å². The summed E-state index contributed by atoms with van der Waals surface area (Å²) in [6, 6.07) is 19.0. The average molecular weight is 697 g/mol. The van der Waals surface area contributed by atoms with E-state index in [4.69, 9.17) is 20.0 Å². The zero-order valence-corrected chi connectivity index (χ0v) is 30.8. The Hall–Kier alpha value is -4.20. The molecule has 4 atom stereocenters. The molecule has 0 amide bonds. The van der Waals surface area contributed by atoms with Crippen LogP contribution in [0.2, 0.25) is 0 Å². The van der Waals surface area contributed by atoms with E-state index in [2.05, 4.69) is 93.3 Å². The van der Waals surface area contributed by atoms with Gasteiger partial charge in [0.15, 0.2) is 0 Å². The van der Waals surface area contributed by atoms with E-state index in [0.717, 1.165) is 74.1 Å². The second-order valence-electron chi connectivity index (χ2n) is 16.5. The second kappa shape index (κ2) is 14.7. The van der Waals surface area contributed by atoms with Gasteiger partial charge in [-0.05, 0) is 99.9 Å². The number of fused-ring (bicyclic) bond motifs is 14. The van der Waals surface area contributed by atoms with Gasteiger partial charge in [0, 0.05) is 47.6 Å². The first-order valence-electron chi connectivity index (χ1n) is 20.6. The summed E-state index contributed by atoms with van der Waals surface area (Å²) in [7, 11) is 0. The molecular formula is C44H56N8. The summed E-state index contributed by atoms with van der Waals surface area (Å²) < 4.78 is 0. The minimum atomic E-state index is -0.0449. The summed E-state index contributed by atoms with van der Waals surface area (Å²) in [6.07, 6.45) is 29.6. The summed E-state index contributed by atoms with van der Waals surface area (Å²) in [6.45, 7) is 0. The summed E-state index contributed by atoms with van der Waals surface area (Å²) in [4.78, 5) is 36.1. The molecule has 5 aliphatic rings. The van der Waals surface area contributed by atoms with Crippen LogP contribution in [0.25, 0.3) is 0 Å². The first-order valence-corrected chi connectivity index (χ1v) is 20.6. The number of rotatable bonds is 0. The fourth-order valence-electron chi connectivity index (χ4n) is 10.3. The first-order chi connectivity index (χ1) is 25.7. The van der Waals surface area contributed by atoms with Crippen molar-refractivity contribution in [2.45, 2.75) is 151 Å². The van der Waals surface area contributed by atoms with Gasteiger partial charge in [0.25, 0.3) is 0 Å². The molecule has 4 N–H and O–H groups in total. The molecule has 0 radical (unpaired) electrons. The van der Waals surface area contributed by atoms with Crippen LogP contribution < -0.4 is 0 Å². The number of aromatic nitrogens is 4. The Balaban J connectivity index is 1.08. The highest BCUT2D eigenvalue weighted by Crippen LogP contribution is 2.45. The van der Waals surface area contributed by atoms with Crippen LogP contribution in [-0.4, -0.2) is 69.0 Å². The van der Waals surface area contributed by atoms with Crippen LogP contribution in [0, 0.1) is 0 Å². The minimum Gasteiger partial charge on any atom is -0.357 e. The zero-order chi connectivity index (χ0) is 34.8. The van der Waals surface area contributed by atoms with E-state index in [1.54, 1.807) is 0 Å². The SMILES string of the molecule is C1=N[C@@H]2CCCC[C@H]2N=Cc2ccc([nH]2)C2(CCCCC2)c2ccc([nH]2)C=N[C@@H]2CCCC[C@H]2N=Cc2ccc([nH]2)C2(CCCCC2)c2ccc1[nH]2. The predicted molar refractivity (Wildman–Crippen MR) is 213 cm³/mol. The van der Waals surface area contributed by atoms with E-state index in [1.807, 2.05) is 0 Å². The van der Waals surface area contributed by atoms with E-state index >= 15 is 0 Å². The minimum absolute atomic E-state index is 0.0449. The fraction of sp³-hybridized carbons (Fsp3) is 0.545. The maximum Gasteiger partial charge on any atom is 0.0723 e. The molecule has 4 aromatic rings. The van der Waals surface area contributed by atoms with E-state index in [9.17, 15) is 0 Å². The predicted octanol–water partition coefficient (Wildman–Crippen LogP) is 9.51. The molecule has 2 spiro atoms. The second-order valence-corrected chi connectivity index (χ2v) is 16.5. The lowest BCUT2D eigenvalue weighted by molar-refractivity contribution is 0.333. The third-order valence-electron chi connectivity index (χ3n) is 13.3. The highest BCUT2D eigenvalue weighted by atomic mass is 14.9. The van der Waals surface area contributed by atoms with E-state index < -0.39 is 0 Å². The highest BCUT2D eigenvalue weighted by Gasteiger charge is 2.39. The Kier molecular flexibility index (Phi) is 9.49. The van der Waals surface area contributed by atoms with Gasteiger partial charge in [-0.15, -0.1) is 0 Å². The van der Waals surface area contributed by atoms with Crippen molar-refractivity contribution in [3.8, 4) is 0 Å². The molecule has 8 nitrogen and oxygen atoms in total. The number of hydrogen-bond donors (Lipinski definition) is 4. The van der Waals surface area contributed by atoms with Crippen molar-refractivity contribution in [2.24, 2.45) is 20.0 Å². The van der Waals surface area contributed by atoms with Crippen LogP contribution in [0.4, 0.5) is 0 Å². The highest BCUT2D eigenvalue weighted by molar-refractivity contribution is 5.80. The van der Waals surface area contributed by atoms with Gasteiger partial charge in [-0.2, -0.15) is 0 Å². The number of nitrogens with zero attached hydrogens (tertiary/aromatic N) is 4. The number of H-pyrrole nitrogens is 4. The Morgan fingerprint density at radius 2 is 0.615 bits per heavy atom. The van der Waals surface area contributed by atoms with Crippen molar-refractivity contribution in [3.63, 3.8) is 0 Å². The third-order valence-corrected chi connectivity index (χ3v) is 13.3. The van der Waals surface area contributed by atoms with Crippen LogP contribution in [0.3, 0.4) is 0 Å². The number of nitrogens with one attached hydrogen (secondary N) is 4. The van der Waals surface area contributed by atoms with E-state index in [0.29, 0.717) is 0 Å². The molecule has 272 valence electrons. The molecule has 4 fully saturated rings. The van der Waals surface area contributed by atoms with Crippen LogP contribution in [-0.2, 0) is 10.8 Å².